The van der Waals surface area contributed by atoms with Crippen molar-refractivity contribution in [2.24, 2.45) is 5.92 Å². The molecule has 2 amide bonds. The highest BCUT2D eigenvalue weighted by molar-refractivity contribution is 5.86. The van der Waals surface area contributed by atoms with Crippen LogP contribution >= 0.6 is 0 Å². The molecule has 9 nitrogen and oxygen atoms in total. The van der Waals surface area contributed by atoms with Crippen LogP contribution in [0.1, 0.15) is 37.7 Å². The minimum absolute atomic E-state index is 0.0149. The van der Waals surface area contributed by atoms with Crippen molar-refractivity contribution >= 4 is 28.7 Å². The first-order chi connectivity index (χ1) is 18.0. The highest BCUT2D eigenvalue weighted by atomic mass is 16.5. The number of amides is 2. The number of fused-ring (bicyclic) bond motifs is 1. The third kappa shape index (κ3) is 11.0. The lowest BCUT2D eigenvalue weighted by molar-refractivity contribution is -0.145. The van der Waals surface area contributed by atoms with Crippen molar-refractivity contribution in [1.82, 2.24) is 15.6 Å². The fourth-order valence-corrected chi connectivity index (χ4v) is 3.90. The van der Waals surface area contributed by atoms with E-state index in [9.17, 15) is 14.4 Å². The summed E-state index contributed by atoms with van der Waals surface area (Å²) in [6.45, 7) is 8.07. The fourth-order valence-electron chi connectivity index (χ4n) is 3.90. The number of aromatic nitrogens is 1. The van der Waals surface area contributed by atoms with Gasteiger partial charge in [-0.1, -0.05) is 30.4 Å². The van der Waals surface area contributed by atoms with Crippen LogP contribution in [0.25, 0.3) is 10.9 Å². The third-order valence-electron chi connectivity index (χ3n) is 5.78. The maximum Gasteiger partial charge on any atom is 0.305 e. The Morgan fingerprint density at radius 2 is 1.95 bits per heavy atom. The Morgan fingerprint density at radius 3 is 2.70 bits per heavy atom. The van der Waals surface area contributed by atoms with Gasteiger partial charge < -0.3 is 30.2 Å². The molecule has 0 saturated carbocycles. The van der Waals surface area contributed by atoms with Gasteiger partial charge in [-0.2, -0.15) is 0 Å². The number of para-hydroxylation sites is 1. The molecule has 0 aliphatic rings. The number of aromatic amines is 1. The van der Waals surface area contributed by atoms with Gasteiger partial charge in [0.25, 0.3) is 0 Å². The van der Waals surface area contributed by atoms with Crippen molar-refractivity contribution in [3.8, 4) is 0 Å². The molecule has 1 aromatic carbocycles. The lowest BCUT2D eigenvalue weighted by atomic mass is 9.98. The summed E-state index contributed by atoms with van der Waals surface area (Å²) in [5.41, 5.74) is 1.97. The van der Waals surface area contributed by atoms with Crippen molar-refractivity contribution in [3.63, 3.8) is 0 Å². The molecule has 37 heavy (non-hydrogen) atoms. The average molecular weight is 514 g/mol. The molecular formula is C28H39N3O6. The number of hydrogen-bond donors (Lipinski definition) is 4. The topological polar surface area (TPSA) is 130 Å². The molecule has 1 heterocycles. The highest BCUT2D eigenvalue weighted by Gasteiger charge is 2.25. The maximum absolute atomic E-state index is 13.2. The van der Waals surface area contributed by atoms with Gasteiger partial charge >= 0.3 is 5.97 Å². The van der Waals surface area contributed by atoms with E-state index in [1.54, 1.807) is 12.2 Å². The molecule has 0 aliphatic heterocycles. The smallest absolute Gasteiger partial charge is 0.305 e. The molecule has 2 atom stereocenters. The maximum atomic E-state index is 13.2. The van der Waals surface area contributed by atoms with E-state index in [4.69, 9.17) is 14.6 Å². The van der Waals surface area contributed by atoms with Gasteiger partial charge in [0.05, 0.1) is 31.8 Å². The first-order valence-corrected chi connectivity index (χ1v) is 12.7. The molecule has 2 rings (SSSR count). The number of rotatable bonds is 19. The van der Waals surface area contributed by atoms with Crippen LogP contribution < -0.4 is 10.6 Å². The normalized spacial score (nSPS) is 12.5. The van der Waals surface area contributed by atoms with Gasteiger partial charge in [-0.25, -0.2) is 0 Å². The number of nitrogens with one attached hydrogen (secondary N) is 3. The molecule has 4 N–H and O–H groups in total. The van der Waals surface area contributed by atoms with Gasteiger partial charge in [-0.15, -0.1) is 13.2 Å². The Hall–Kier alpha value is -3.43. The summed E-state index contributed by atoms with van der Waals surface area (Å²) in [5, 5.41) is 15.5. The number of unbranched alkanes of at least 4 members (excludes halogenated alkanes) is 1. The predicted octanol–water partition coefficient (Wildman–Crippen LogP) is 2.80. The zero-order valence-corrected chi connectivity index (χ0v) is 21.4. The van der Waals surface area contributed by atoms with E-state index < -0.39 is 12.0 Å². The lowest BCUT2D eigenvalue weighted by Gasteiger charge is -2.22. The monoisotopic (exact) mass is 513 g/mol. The van der Waals surface area contributed by atoms with E-state index in [0.717, 1.165) is 22.9 Å². The number of aliphatic hydroxyl groups is 1. The molecule has 0 bridgehead atoms. The van der Waals surface area contributed by atoms with Crippen molar-refractivity contribution < 1.29 is 29.0 Å². The third-order valence-corrected chi connectivity index (χ3v) is 5.78. The average Bonchev–Trinajstić information content (AvgIpc) is 3.29. The standard InChI is InChI=1S/C28H39N3O6/c1-3-5-6-12-27(34)37-20-23(17-22-19-30-25-11-8-7-10-24(22)25)31-28(35)21(9-4-2)18-26(33)29-13-15-36-16-14-32/h3-4,7-8,10-11,19,21,23,30,32H,1-2,5-6,9,12-18,20H2,(H,29,33)(H,31,35). The van der Waals surface area contributed by atoms with Gasteiger partial charge in [0.1, 0.15) is 6.61 Å². The van der Waals surface area contributed by atoms with Gasteiger partial charge in [-0.05, 0) is 37.3 Å². The number of benzene rings is 1. The molecule has 0 fully saturated rings. The van der Waals surface area contributed by atoms with Crippen LogP contribution in [0.2, 0.25) is 0 Å². The Labute approximate surface area is 218 Å². The second kappa shape index (κ2) is 17.1. The highest BCUT2D eigenvalue weighted by Crippen LogP contribution is 2.20. The lowest BCUT2D eigenvalue weighted by Crippen LogP contribution is -2.44. The number of carbonyl (C=O) groups is 3. The van der Waals surface area contributed by atoms with Crippen molar-refractivity contribution in [2.45, 2.75) is 44.6 Å². The van der Waals surface area contributed by atoms with Gasteiger partial charge in [-0.3, -0.25) is 14.4 Å². The fraction of sp³-hybridized carbons (Fsp3) is 0.464. The molecule has 1 aromatic heterocycles. The van der Waals surface area contributed by atoms with Gasteiger partial charge in [0, 0.05) is 36.5 Å². The SMILES string of the molecule is C=CCCCC(=O)OCC(Cc1c[nH]c2ccccc12)NC(=O)C(CC=C)CC(=O)NCCOCCO. The predicted molar refractivity (Wildman–Crippen MR) is 143 cm³/mol. The summed E-state index contributed by atoms with van der Waals surface area (Å²) in [7, 11) is 0. The second-order valence-corrected chi connectivity index (χ2v) is 8.74. The number of ether oxygens (including phenoxy) is 2. The molecule has 0 saturated heterocycles. The summed E-state index contributed by atoms with van der Waals surface area (Å²) >= 11 is 0. The minimum Gasteiger partial charge on any atom is -0.463 e. The first-order valence-electron chi connectivity index (χ1n) is 12.7. The Morgan fingerprint density at radius 1 is 1.14 bits per heavy atom. The van der Waals surface area contributed by atoms with Crippen molar-refractivity contribution in [1.29, 1.82) is 0 Å². The van der Waals surface area contributed by atoms with E-state index in [0.29, 0.717) is 19.3 Å². The summed E-state index contributed by atoms with van der Waals surface area (Å²) in [6.07, 6.45) is 7.67. The number of hydrogen-bond acceptors (Lipinski definition) is 6. The molecule has 2 aromatic rings. The number of aliphatic hydroxyl groups excluding tert-OH is 1. The van der Waals surface area contributed by atoms with E-state index in [1.807, 2.05) is 30.5 Å². The largest absolute Gasteiger partial charge is 0.463 e. The molecule has 0 spiro atoms. The number of carbonyl (C=O) groups excluding carboxylic acids is 3. The van der Waals surface area contributed by atoms with Gasteiger partial charge in [0.15, 0.2) is 0 Å². The second-order valence-electron chi connectivity index (χ2n) is 8.74. The van der Waals surface area contributed by atoms with E-state index in [2.05, 4.69) is 28.8 Å². The Balaban J connectivity index is 2.03. The number of esters is 1. The number of H-pyrrole nitrogens is 1. The van der Waals surface area contributed by atoms with Crippen LogP contribution in [0.5, 0.6) is 0 Å². The quantitative estimate of drug-likeness (QED) is 0.130. The molecule has 0 radical (unpaired) electrons. The van der Waals surface area contributed by atoms with Gasteiger partial charge in [0.2, 0.25) is 11.8 Å². The van der Waals surface area contributed by atoms with E-state index in [1.165, 1.54) is 0 Å². The van der Waals surface area contributed by atoms with Crippen molar-refractivity contribution in [3.05, 3.63) is 61.3 Å². The minimum atomic E-state index is -0.621. The number of allylic oxidation sites excluding steroid dienone is 2. The summed E-state index contributed by atoms with van der Waals surface area (Å²) in [6, 6.07) is 7.38. The van der Waals surface area contributed by atoms with Crippen LogP contribution in [0, 0.1) is 5.92 Å². The zero-order chi connectivity index (χ0) is 26.9. The molecule has 9 heteroatoms. The van der Waals surface area contributed by atoms with Crippen molar-refractivity contribution in [2.75, 3.05) is 33.0 Å². The molecule has 202 valence electrons. The van der Waals surface area contributed by atoms with E-state index >= 15 is 0 Å². The van der Waals surface area contributed by atoms with E-state index in [-0.39, 0.29) is 63.6 Å². The Kier molecular flexibility index (Phi) is 13.8. The van der Waals surface area contributed by atoms with Crippen LogP contribution in [-0.2, 0) is 30.3 Å². The summed E-state index contributed by atoms with van der Waals surface area (Å²) in [5.74, 6) is -1.54. The summed E-state index contributed by atoms with van der Waals surface area (Å²) in [4.78, 5) is 41.0. The summed E-state index contributed by atoms with van der Waals surface area (Å²) < 4.78 is 10.6. The van der Waals surface area contributed by atoms with Crippen LogP contribution in [0.3, 0.4) is 0 Å². The first kappa shape index (κ1) is 29.8. The molecular weight excluding hydrogens is 474 g/mol. The zero-order valence-electron chi connectivity index (χ0n) is 21.4. The molecule has 2 unspecified atom stereocenters. The van der Waals surface area contributed by atoms with Crippen LogP contribution in [0.4, 0.5) is 0 Å². The Bertz CT molecular complexity index is 1020. The van der Waals surface area contributed by atoms with Crippen LogP contribution in [-0.4, -0.2) is 66.9 Å². The van der Waals surface area contributed by atoms with Crippen LogP contribution in [0.15, 0.2) is 55.8 Å². The molecule has 0 aliphatic carbocycles.